The first-order chi connectivity index (χ1) is 8.93. The molecule has 0 saturated carbocycles. The van der Waals surface area contributed by atoms with Gasteiger partial charge >= 0.3 is 0 Å². The van der Waals surface area contributed by atoms with E-state index in [2.05, 4.69) is 0 Å². The molecular formula is C9H12N2O7S2. The van der Waals surface area contributed by atoms with Crippen molar-refractivity contribution in [2.75, 3.05) is 0 Å². The van der Waals surface area contributed by atoms with E-state index in [0.717, 1.165) is 12.1 Å². The molecule has 20 heavy (non-hydrogen) atoms. The predicted octanol–water partition coefficient (Wildman–Crippen LogP) is -0.461. The second-order valence-corrected chi connectivity index (χ2v) is 6.71. The Morgan fingerprint density at radius 2 is 1.75 bits per heavy atom. The Morgan fingerprint density at radius 1 is 1.20 bits per heavy atom. The topological polar surface area (TPSA) is 179 Å². The van der Waals surface area contributed by atoms with Gasteiger partial charge in [0.1, 0.15) is 0 Å². The van der Waals surface area contributed by atoms with Gasteiger partial charge in [-0.3, -0.25) is 14.5 Å². The van der Waals surface area contributed by atoms with Crippen molar-refractivity contribution in [3.8, 4) is 0 Å². The molecule has 11 heteroatoms. The van der Waals surface area contributed by atoms with Gasteiger partial charge in [-0.15, -0.1) is 0 Å². The summed E-state index contributed by atoms with van der Waals surface area (Å²) in [5, 5.41) is 16.8. The average molecular weight is 324 g/mol. The fraction of sp³-hybridized carbons (Fsp3) is 0.222. The van der Waals surface area contributed by atoms with Gasteiger partial charge in [0.25, 0.3) is 20.2 Å². The molecular weight excluding hydrogens is 312 g/mol. The summed E-state index contributed by atoms with van der Waals surface area (Å²) < 4.78 is 62.2. The Morgan fingerprint density at radius 3 is 2.15 bits per heavy atom. The molecule has 0 aliphatic carbocycles. The summed E-state index contributed by atoms with van der Waals surface area (Å²) in [4.78, 5) is -1.40. The minimum absolute atomic E-state index is 0.475. The van der Waals surface area contributed by atoms with Gasteiger partial charge < -0.3 is 10.8 Å². The zero-order chi connectivity index (χ0) is 15.7. The predicted molar refractivity (Wildman–Crippen MR) is 67.6 cm³/mol. The van der Waals surface area contributed by atoms with E-state index in [1.54, 1.807) is 0 Å². The molecule has 0 heterocycles. The van der Waals surface area contributed by atoms with E-state index in [9.17, 15) is 21.9 Å². The molecule has 0 fully saturated rings. The number of aliphatic hydroxyl groups excluding tert-OH is 1. The molecule has 0 amide bonds. The van der Waals surface area contributed by atoms with Crippen LogP contribution in [0.3, 0.4) is 0 Å². The minimum atomic E-state index is -4.72. The first kappa shape index (κ1) is 16.5. The van der Waals surface area contributed by atoms with E-state index in [4.69, 9.17) is 20.2 Å². The number of nitrogens with two attached hydrogens (primary N) is 1. The molecule has 1 atom stereocenters. The Balaban J connectivity index is 3.53. The Bertz CT molecular complexity index is 740. The maximum Gasteiger partial charge on any atom is 0.294 e. The third-order valence-corrected chi connectivity index (χ3v) is 4.11. The summed E-state index contributed by atoms with van der Waals surface area (Å²) in [6.07, 6.45) is -2.11. The Hall–Kier alpha value is -1.53. The van der Waals surface area contributed by atoms with Crippen molar-refractivity contribution in [2.24, 2.45) is 5.73 Å². The van der Waals surface area contributed by atoms with Crippen molar-refractivity contribution in [3.05, 3.63) is 23.8 Å². The largest absolute Gasteiger partial charge is 0.388 e. The monoisotopic (exact) mass is 324 g/mol. The molecule has 0 aliphatic rings. The van der Waals surface area contributed by atoms with Crippen LogP contribution >= 0.6 is 0 Å². The number of amidine groups is 1. The molecule has 0 bridgehead atoms. The maximum atomic E-state index is 11.2. The Labute approximate surface area is 115 Å². The first-order valence-corrected chi connectivity index (χ1v) is 7.91. The van der Waals surface area contributed by atoms with E-state index in [0.29, 0.717) is 6.07 Å². The highest BCUT2D eigenvalue weighted by Gasteiger charge is 2.24. The Kier molecular flexibility index (Phi) is 4.51. The van der Waals surface area contributed by atoms with Gasteiger partial charge in [-0.05, 0) is 18.2 Å². The molecule has 0 saturated heterocycles. The standard InChI is InChI=1S/C9H12N2O7S2/c10-9(11)4-7(12)6-3-5(19(13,14)15)1-2-8(6)20(16,17)18/h1-3,7,12H,4H2,(H3,10,11)(H,13,14,15)(H,16,17,18). The molecule has 1 aromatic rings. The quantitative estimate of drug-likeness (QED) is 0.274. The van der Waals surface area contributed by atoms with Crippen LogP contribution in [0.4, 0.5) is 0 Å². The van der Waals surface area contributed by atoms with Gasteiger partial charge in [0, 0.05) is 12.0 Å². The lowest BCUT2D eigenvalue weighted by atomic mass is 10.1. The van der Waals surface area contributed by atoms with Crippen molar-refractivity contribution >= 4 is 26.1 Å². The summed E-state index contributed by atoms with van der Waals surface area (Å²) >= 11 is 0. The van der Waals surface area contributed by atoms with Crippen LogP contribution in [0.1, 0.15) is 18.1 Å². The van der Waals surface area contributed by atoms with E-state index in [1.807, 2.05) is 0 Å². The summed E-state index contributed by atoms with van der Waals surface area (Å²) in [7, 11) is -9.35. The van der Waals surface area contributed by atoms with Gasteiger partial charge in [0.15, 0.2) is 0 Å². The van der Waals surface area contributed by atoms with Crippen LogP contribution in [0.5, 0.6) is 0 Å². The number of aliphatic hydroxyl groups is 1. The number of rotatable bonds is 5. The zero-order valence-corrected chi connectivity index (χ0v) is 11.5. The summed E-state index contributed by atoms with van der Waals surface area (Å²) in [5.74, 6) is -0.476. The molecule has 0 radical (unpaired) electrons. The zero-order valence-electron chi connectivity index (χ0n) is 9.88. The average Bonchev–Trinajstić information content (AvgIpc) is 2.24. The van der Waals surface area contributed by atoms with E-state index >= 15 is 0 Å². The van der Waals surface area contributed by atoms with Crippen molar-refractivity contribution in [1.82, 2.24) is 0 Å². The van der Waals surface area contributed by atoms with E-state index in [1.165, 1.54) is 0 Å². The molecule has 9 nitrogen and oxygen atoms in total. The van der Waals surface area contributed by atoms with Crippen molar-refractivity contribution in [3.63, 3.8) is 0 Å². The highest BCUT2D eigenvalue weighted by atomic mass is 32.2. The molecule has 112 valence electrons. The smallest absolute Gasteiger partial charge is 0.294 e. The van der Waals surface area contributed by atoms with Crippen molar-refractivity contribution in [2.45, 2.75) is 22.3 Å². The molecule has 1 unspecified atom stereocenters. The van der Waals surface area contributed by atoms with Crippen LogP contribution in [-0.2, 0) is 20.2 Å². The van der Waals surface area contributed by atoms with Crippen LogP contribution in [0, 0.1) is 5.41 Å². The molecule has 0 aromatic heterocycles. The number of nitrogens with one attached hydrogen (secondary N) is 1. The SMILES string of the molecule is N=C(N)CC(O)c1cc(S(=O)(=O)O)ccc1S(=O)(=O)O. The van der Waals surface area contributed by atoms with Crippen LogP contribution in [-0.4, -0.2) is 36.9 Å². The van der Waals surface area contributed by atoms with Crippen LogP contribution < -0.4 is 5.73 Å². The van der Waals surface area contributed by atoms with Crippen LogP contribution in [0.2, 0.25) is 0 Å². The van der Waals surface area contributed by atoms with Crippen LogP contribution in [0.25, 0.3) is 0 Å². The van der Waals surface area contributed by atoms with Gasteiger partial charge in [0.05, 0.1) is 21.7 Å². The third-order valence-electron chi connectivity index (χ3n) is 2.33. The summed E-state index contributed by atoms with van der Waals surface area (Å²) in [6, 6.07) is 2.16. The second kappa shape index (κ2) is 5.46. The number of hydrogen-bond donors (Lipinski definition) is 5. The van der Waals surface area contributed by atoms with E-state index in [-0.39, 0.29) is 0 Å². The lowest BCUT2D eigenvalue weighted by Gasteiger charge is -2.14. The van der Waals surface area contributed by atoms with Crippen LogP contribution in [0.15, 0.2) is 28.0 Å². The van der Waals surface area contributed by atoms with Crippen molar-refractivity contribution < 1.29 is 31.0 Å². The fourth-order valence-corrected chi connectivity index (χ4v) is 2.75. The summed E-state index contributed by atoms with van der Waals surface area (Å²) in [6.45, 7) is 0. The van der Waals surface area contributed by atoms with Gasteiger partial charge in [0.2, 0.25) is 0 Å². The summed E-state index contributed by atoms with van der Waals surface area (Å²) in [5.41, 5.74) is 4.57. The maximum absolute atomic E-state index is 11.2. The van der Waals surface area contributed by atoms with E-state index < -0.39 is 54.0 Å². The molecule has 0 spiro atoms. The van der Waals surface area contributed by atoms with Gasteiger partial charge in [-0.2, -0.15) is 16.8 Å². The number of hydrogen-bond acceptors (Lipinski definition) is 6. The third kappa shape index (κ3) is 3.98. The van der Waals surface area contributed by atoms with Gasteiger partial charge in [-0.1, -0.05) is 0 Å². The number of benzene rings is 1. The fourth-order valence-electron chi connectivity index (χ4n) is 1.50. The molecule has 1 aromatic carbocycles. The molecule has 0 aliphatic heterocycles. The normalized spacial score (nSPS) is 13.9. The highest BCUT2D eigenvalue weighted by molar-refractivity contribution is 7.86. The molecule has 6 N–H and O–H groups in total. The minimum Gasteiger partial charge on any atom is -0.388 e. The second-order valence-electron chi connectivity index (χ2n) is 3.89. The lowest BCUT2D eigenvalue weighted by Crippen LogP contribution is -2.17. The highest BCUT2D eigenvalue weighted by Crippen LogP contribution is 2.27. The van der Waals surface area contributed by atoms with Crippen molar-refractivity contribution in [1.29, 1.82) is 5.41 Å². The first-order valence-electron chi connectivity index (χ1n) is 5.03. The molecule has 1 rings (SSSR count). The lowest BCUT2D eigenvalue weighted by molar-refractivity contribution is 0.182. The van der Waals surface area contributed by atoms with Gasteiger partial charge in [-0.25, -0.2) is 0 Å².